The van der Waals surface area contributed by atoms with Gasteiger partial charge in [-0.25, -0.2) is 8.42 Å². The molecular weight excluding hydrogens is 557 g/mol. The molecule has 0 bridgehead atoms. The molecule has 0 aromatic heterocycles. The van der Waals surface area contributed by atoms with Crippen molar-refractivity contribution in [3.63, 3.8) is 0 Å². The molecule has 0 unspecified atom stereocenters. The van der Waals surface area contributed by atoms with Crippen LogP contribution in [0.1, 0.15) is 69.4 Å². The second-order valence-electron chi connectivity index (χ2n) is 10.3. The third-order valence-electron chi connectivity index (χ3n) is 7.20. The van der Waals surface area contributed by atoms with Gasteiger partial charge < -0.3 is 10.2 Å². The lowest BCUT2D eigenvalue weighted by atomic mass is 9.95. The van der Waals surface area contributed by atoms with Gasteiger partial charge in [-0.05, 0) is 56.9 Å². The van der Waals surface area contributed by atoms with Crippen molar-refractivity contribution in [1.29, 1.82) is 0 Å². The quantitative estimate of drug-likeness (QED) is 0.321. The number of carbonyl (C=O) groups is 2. The summed E-state index contributed by atoms with van der Waals surface area (Å²) in [5, 5.41) is 4.00. The van der Waals surface area contributed by atoms with Gasteiger partial charge in [0.05, 0.1) is 11.9 Å². The molecule has 1 aliphatic carbocycles. The predicted molar refractivity (Wildman–Crippen MR) is 159 cm³/mol. The van der Waals surface area contributed by atoms with Crippen LogP contribution in [0.2, 0.25) is 10.0 Å². The van der Waals surface area contributed by atoms with E-state index in [9.17, 15) is 18.0 Å². The maximum absolute atomic E-state index is 13.7. The van der Waals surface area contributed by atoms with E-state index in [0.717, 1.165) is 37.5 Å². The van der Waals surface area contributed by atoms with Gasteiger partial charge in [0.15, 0.2) is 0 Å². The highest BCUT2D eigenvalue weighted by Crippen LogP contribution is 2.28. The summed E-state index contributed by atoms with van der Waals surface area (Å²) in [5.74, 6) is -0.438. The van der Waals surface area contributed by atoms with Crippen LogP contribution in [0.25, 0.3) is 0 Å². The second-order valence-corrected chi connectivity index (χ2v) is 13.0. The Kier molecular flexibility index (Phi) is 11.5. The van der Waals surface area contributed by atoms with E-state index in [4.69, 9.17) is 23.2 Å². The van der Waals surface area contributed by atoms with Gasteiger partial charge in [0.2, 0.25) is 21.8 Å². The van der Waals surface area contributed by atoms with Gasteiger partial charge in [0.1, 0.15) is 6.04 Å². The molecule has 2 aromatic rings. The highest BCUT2D eigenvalue weighted by molar-refractivity contribution is 7.92. The summed E-state index contributed by atoms with van der Waals surface area (Å²) in [4.78, 5) is 28.6. The zero-order valence-electron chi connectivity index (χ0n) is 23.0. The molecule has 0 saturated heterocycles. The van der Waals surface area contributed by atoms with E-state index in [0.29, 0.717) is 27.7 Å². The zero-order valence-corrected chi connectivity index (χ0v) is 25.3. The Balaban J connectivity index is 1.79. The van der Waals surface area contributed by atoms with E-state index in [1.165, 1.54) is 10.7 Å². The lowest BCUT2D eigenvalue weighted by molar-refractivity contribution is -0.141. The Hall–Kier alpha value is -2.29. The van der Waals surface area contributed by atoms with Crippen molar-refractivity contribution < 1.29 is 18.0 Å². The summed E-state index contributed by atoms with van der Waals surface area (Å²) >= 11 is 12.9. The van der Waals surface area contributed by atoms with Gasteiger partial charge >= 0.3 is 0 Å². The fourth-order valence-corrected chi connectivity index (χ4v) is 6.51. The summed E-state index contributed by atoms with van der Waals surface area (Å²) in [6.45, 7) is 4.03. The van der Waals surface area contributed by atoms with E-state index in [1.807, 2.05) is 26.0 Å². The van der Waals surface area contributed by atoms with E-state index >= 15 is 0 Å². The molecule has 0 aliphatic heterocycles. The number of sulfonamides is 1. The van der Waals surface area contributed by atoms with Crippen molar-refractivity contribution in [2.75, 3.05) is 17.1 Å². The number of hydrogen-bond acceptors (Lipinski definition) is 4. The van der Waals surface area contributed by atoms with Gasteiger partial charge in [0, 0.05) is 41.2 Å². The summed E-state index contributed by atoms with van der Waals surface area (Å²) in [6, 6.07) is 11.8. The SMILES string of the molecule is CC[C@H](C(=O)NC1CCCCC1)N(Cc1c(Cl)cccc1Cl)C(=O)CCCN(c1ccc(C)cc1)S(C)(=O)=O. The minimum Gasteiger partial charge on any atom is -0.352 e. The van der Waals surface area contributed by atoms with E-state index in [-0.39, 0.29) is 43.8 Å². The number of carbonyl (C=O) groups excluding carboxylic acids is 2. The van der Waals surface area contributed by atoms with E-state index < -0.39 is 16.1 Å². The monoisotopic (exact) mass is 595 g/mol. The lowest BCUT2D eigenvalue weighted by Crippen LogP contribution is -2.51. The van der Waals surface area contributed by atoms with Crippen LogP contribution >= 0.6 is 23.2 Å². The maximum atomic E-state index is 13.7. The number of nitrogens with zero attached hydrogens (tertiary/aromatic N) is 2. The smallest absolute Gasteiger partial charge is 0.243 e. The molecule has 0 heterocycles. The highest BCUT2D eigenvalue weighted by atomic mass is 35.5. The molecule has 7 nitrogen and oxygen atoms in total. The molecular formula is C29H39Cl2N3O4S. The van der Waals surface area contributed by atoms with Crippen LogP contribution in [0.3, 0.4) is 0 Å². The Labute approximate surface area is 242 Å². The number of hydrogen-bond donors (Lipinski definition) is 1. The summed E-state index contributed by atoms with van der Waals surface area (Å²) < 4.78 is 26.4. The van der Waals surface area contributed by atoms with Gasteiger partial charge in [-0.2, -0.15) is 0 Å². The van der Waals surface area contributed by atoms with Gasteiger partial charge in [0.25, 0.3) is 0 Å². The molecule has 2 aromatic carbocycles. The lowest BCUT2D eigenvalue weighted by Gasteiger charge is -2.33. The highest BCUT2D eigenvalue weighted by Gasteiger charge is 2.31. The van der Waals surface area contributed by atoms with Crippen LogP contribution in [0.4, 0.5) is 5.69 Å². The Morgan fingerprint density at radius 3 is 2.21 bits per heavy atom. The van der Waals surface area contributed by atoms with E-state index in [2.05, 4.69) is 5.32 Å². The van der Waals surface area contributed by atoms with Crippen molar-refractivity contribution >= 4 is 50.7 Å². The third-order valence-corrected chi connectivity index (χ3v) is 9.10. The van der Waals surface area contributed by atoms with Gasteiger partial charge in [-0.3, -0.25) is 13.9 Å². The maximum Gasteiger partial charge on any atom is 0.243 e. The van der Waals surface area contributed by atoms with Crippen LogP contribution in [0, 0.1) is 6.92 Å². The number of rotatable bonds is 12. The first kappa shape index (κ1) is 31.2. The molecule has 0 radical (unpaired) electrons. The minimum absolute atomic E-state index is 0.0627. The molecule has 39 heavy (non-hydrogen) atoms. The molecule has 1 atom stereocenters. The van der Waals surface area contributed by atoms with Crippen molar-refractivity contribution in [2.24, 2.45) is 0 Å². The van der Waals surface area contributed by atoms with Crippen molar-refractivity contribution in [3.8, 4) is 0 Å². The van der Waals surface area contributed by atoms with Crippen molar-refractivity contribution in [1.82, 2.24) is 10.2 Å². The van der Waals surface area contributed by atoms with Crippen LogP contribution < -0.4 is 9.62 Å². The second kappa shape index (κ2) is 14.4. The zero-order chi connectivity index (χ0) is 28.6. The predicted octanol–water partition coefficient (Wildman–Crippen LogP) is 6.10. The van der Waals surface area contributed by atoms with Crippen LogP contribution in [-0.2, 0) is 26.2 Å². The molecule has 3 rings (SSSR count). The normalized spacial score (nSPS) is 15.0. The Morgan fingerprint density at radius 2 is 1.64 bits per heavy atom. The van der Waals surface area contributed by atoms with Crippen LogP contribution in [0.15, 0.2) is 42.5 Å². The molecule has 1 N–H and O–H groups in total. The number of amides is 2. The molecule has 214 valence electrons. The van der Waals surface area contributed by atoms with Crippen LogP contribution in [0.5, 0.6) is 0 Å². The first-order chi connectivity index (χ1) is 18.5. The topological polar surface area (TPSA) is 86.8 Å². The molecule has 2 amide bonds. The molecule has 1 fully saturated rings. The fraction of sp³-hybridized carbons (Fsp3) is 0.517. The Bertz CT molecular complexity index is 1210. The third kappa shape index (κ3) is 8.85. The summed E-state index contributed by atoms with van der Waals surface area (Å²) in [6.07, 6.45) is 7.13. The number of benzene rings is 2. The molecule has 0 spiro atoms. The largest absolute Gasteiger partial charge is 0.352 e. The minimum atomic E-state index is -3.55. The molecule has 1 aliphatic rings. The van der Waals surface area contributed by atoms with Crippen molar-refractivity contribution in [2.45, 2.75) is 83.8 Å². The number of halogens is 2. The number of nitrogens with one attached hydrogen (secondary N) is 1. The number of anilines is 1. The molecule has 10 heteroatoms. The van der Waals surface area contributed by atoms with Crippen molar-refractivity contribution in [3.05, 3.63) is 63.6 Å². The average molecular weight is 597 g/mol. The van der Waals surface area contributed by atoms with E-state index in [1.54, 1.807) is 35.2 Å². The summed E-state index contributed by atoms with van der Waals surface area (Å²) in [5.41, 5.74) is 2.15. The fourth-order valence-electron chi connectivity index (χ4n) is 5.03. The van der Waals surface area contributed by atoms with Crippen LogP contribution in [-0.4, -0.2) is 50.0 Å². The standard InChI is InChI=1S/C29H39Cl2N3O4S/c1-4-27(29(36)32-22-10-6-5-7-11-22)33(20-24-25(30)12-8-13-26(24)31)28(35)14-9-19-34(39(3,37)38)23-17-15-21(2)16-18-23/h8,12-13,15-18,22,27H,4-7,9-11,14,19-20H2,1-3H3,(H,32,36)/t27-/m1/s1. The van der Waals surface area contributed by atoms with Gasteiger partial charge in [-0.1, -0.05) is 73.2 Å². The molecule has 1 saturated carbocycles. The first-order valence-corrected chi connectivity index (χ1v) is 16.2. The average Bonchev–Trinajstić information content (AvgIpc) is 2.88. The Morgan fingerprint density at radius 1 is 1.03 bits per heavy atom. The number of aryl methyl sites for hydroxylation is 1. The summed E-state index contributed by atoms with van der Waals surface area (Å²) in [7, 11) is -3.55. The van der Waals surface area contributed by atoms with Gasteiger partial charge in [-0.15, -0.1) is 0 Å². The first-order valence-electron chi connectivity index (χ1n) is 13.6.